The van der Waals surface area contributed by atoms with E-state index in [1.807, 2.05) is 0 Å². The fraction of sp³-hybridized carbons (Fsp3) is 0.333. The zero-order valence-electron chi connectivity index (χ0n) is 8.30. The first-order valence-corrected chi connectivity index (χ1v) is 6.04. The minimum Gasteiger partial charge on any atom is -0.298 e. The van der Waals surface area contributed by atoms with Gasteiger partial charge in [-0.3, -0.25) is 9.99 Å². The molecule has 2 aromatic rings. The highest BCUT2D eigenvalue weighted by Gasteiger charge is 2.08. The van der Waals surface area contributed by atoms with Crippen LogP contribution >= 0.6 is 23.1 Å². The van der Waals surface area contributed by atoms with Crippen molar-refractivity contribution < 1.29 is 0 Å². The molecule has 2 aromatic heterocycles. The molecule has 0 atom stereocenters. The fourth-order valence-corrected chi connectivity index (χ4v) is 2.51. The molecule has 0 saturated heterocycles. The number of hydrogen-bond donors (Lipinski definition) is 3. The molecular weight excluding hydrogens is 250 g/mol. The average molecular weight is 259 g/mol. The Morgan fingerprint density at radius 2 is 2.44 bits per heavy atom. The van der Waals surface area contributed by atoms with Crippen molar-refractivity contribution in [3.63, 3.8) is 0 Å². The lowest BCUT2D eigenvalue weighted by Gasteiger charge is -1.95. The first kappa shape index (κ1) is 11.1. The van der Waals surface area contributed by atoms with Crippen LogP contribution in [0.25, 0.3) is 0 Å². The minimum absolute atomic E-state index is 0.232. The second-order valence-corrected chi connectivity index (χ2v) is 4.81. The van der Waals surface area contributed by atoms with Gasteiger partial charge < -0.3 is 0 Å². The molecule has 4 N–H and O–H groups in total. The molecule has 8 nitrogen and oxygen atoms in total. The lowest BCUT2D eigenvalue weighted by atomic mass is 10.9. The Morgan fingerprint density at radius 3 is 3.00 bits per heavy atom. The van der Waals surface area contributed by atoms with Crippen molar-refractivity contribution in [3.8, 4) is 0 Å². The summed E-state index contributed by atoms with van der Waals surface area (Å²) in [7, 11) is 1.65. The normalized spacial score (nSPS) is 10.6. The Bertz CT molecular complexity index is 529. The lowest BCUT2D eigenvalue weighted by Crippen LogP contribution is -2.12. The topological polar surface area (TPSA) is 115 Å². The molecule has 86 valence electrons. The molecule has 0 aliphatic rings. The van der Waals surface area contributed by atoms with Gasteiger partial charge in [0.1, 0.15) is 5.01 Å². The Balaban J connectivity index is 2.02. The van der Waals surface area contributed by atoms with Crippen LogP contribution in [0.5, 0.6) is 0 Å². The van der Waals surface area contributed by atoms with Gasteiger partial charge >= 0.3 is 5.69 Å². The number of H-pyrrole nitrogens is 1. The number of thioether (sulfide) groups is 1. The Morgan fingerprint density at radius 1 is 1.62 bits per heavy atom. The predicted molar refractivity (Wildman–Crippen MR) is 61.1 cm³/mol. The number of nitrogens with two attached hydrogens (primary N) is 1. The molecule has 10 heteroatoms. The number of hydrazine groups is 1. The van der Waals surface area contributed by atoms with Crippen molar-refractivity contribution >= 4 is 28.2 Å². The largest absolute Gasteiger partial charge is 0.343 e. The van der Waals surface area contributed by atoms with E-state index in [-0.39, 0.29) is 5.69 Å². The lowest BCUT2D eigenvalue weighted by molar-refractivity contribution is 0.765. The highest BCUT2D eigenvalue weighted by atomic mass is 32.2. The van der Waals surface area contributed by atoms with Gasteiger partial charge in [0, 0.05) is 7.05 Å². The van der Waals surface area contributed by atoms with Crippen LogP contribution in [0.1, 0.15) is 5.01 Å². The van der Waals surface area contributed by atoms with Gasteiger partial charge in [0.15, 0.2) is 5.16 Å². The van der Waals surface area contributed by atoms with Crippen molar-refractivity contribution in [1.82, 2.24) is 25.0 Å². The molecule has 0 unspecified atom stereocenters. The number of rotatable bonds is 4. The fourth-order valence-electron chi connectivity index (χ4n) is 0.958. The number of aromatic amines is 1. The maximum Gasteiger partial charge on any atom is 0.343 e. The van der Waals surface area contributed by atoms with Gasteiger partial charge in [-0.15, -0.1) is 15.3 Å². The number of nitrogens with zero attached hydrogens (tertiary/aromatic N) is 4. The molecule has 0 amide bonds. The maximum atomic E-state index is 11.1. The van der Waals surface area contributed by atoms with Gasteiger partial charge in [0.05, 0.1) is 5.75 Å². The van der Waals surface area contributed by atoms with E-state index in [1.54, 1.807) is 7.05 Å². The minimum atomic E-state index is -0.232. The van der Waals surface area contributed by atoms with E-state index in [1.165, 1.54) is 27.7 Å². The molecule has 0 fully saturated rings. The average Bonchev–Trinajstić information content (AvgIpc) is 2.86. The summed E-state index contributed by atoms with van der Waals surface area (Å²) in [5.74, 6) is 5.78. The molecule has 2 heterocycles. The van der Waals surface area contributed by atoms with Crippen LogP contribution in [0, 0.1) is 0 Å². The molecule has 0 aliphatic heterocycles. The van der Waals surface area contributed by atoms with E-state index in [0.717, 1.165) is 5.01 Å². The predicted octanol–water partition coefficient (Wildman–Crippen LogP) is -0.462. The van der Waals surface area contributed by atoms with Gasteiger partial charge in [-0.05, 0) is 0 Å². The van der Waals surface area contributed by atoms with Gasteiger partial charge in [-0.1, -0.05) is 23.1 Å². The van der Waals surface area contributed by atoms with E-state index in [0.29, 0.717) is 16.0 Å². The zero-order valence-corrected chi connectivity index (χ0v) is 9.93. The van der Waals surface area contributed by atoms with E-state index < -0.39 is 0 Å². The third kappa shape index (κ3) is 2.23. The quantitative estimate of drug-likeness (QED) is 0.386. The Labute approximate surface area is 98.2 Å². The van der Waals surface area contributed by atoms with Crippen LogP contribution in [0.3, 0.4) is 0 Å². The second kappa shape index (κ2) is 4.63. The number of nitrogen functional groups attached to an aromatic ring is 1. The molecule has 0 aromatic carbocycles. The van der Waals surface area contributed by atoms with E-state index in [4.69, 9.17) is 5.84 Å². The first-order chi connectivity index (χ1) is 7.70. The summed E-state index contributed by atoms with van der Waals surface area (Å²) >= 11 is 2.76. The summed E-state index contributed by atoms with van der Waals surface area (Å²) in [6.45, 7) is 0. The third-order valence-corrected chi connectivity index (χ3v) is 3.83. The SMILES string of the molecule is Cn1c(SCc2nnc(NN)s2)n[nH]c1=O. The highest BCUT2D eigenvalue weighted by Crippen LogP contribution is 2.22. The highest BCUT2D eigenvalue weighted by molar-refractivity contribution is 7.98. The molecule has 0 spiro atoms. The number of nitrogens with one attached hydrogen (secondary N) is 2. The van der Waals surface area contributed by atoms with E-state index in [2.05, 4.69) is 25.8 Å². The maximum absolute atomic E-state index is 11.1. The molecule has 0 radical (unpaired) electrons. The van der Waals surface area contributed by atoms with Crippen molar-refractivity contribution in [2.24, 2.45) is 12.9 Å². The smallest absolute Gasteiger partial charge is 0.298 e. The number of hydrogen-bond acceptors (Lipinski definition) is 8. The molecule has 0 aliphatic carbocycles. The summed E-state index contributed by atoms with van der Waals surface area (Å²) in [6, 6.07) is 0. The molecule has 0 saturated carbocycles. The summed E-state index contributed by atoms with van der Waals surface area (Å²) < 4.78 is 1.44. The third-order valence-electron chi connectivity index (χ3n) is 1.75. The van der Waals surface area contributed by atoms with E-state index >= 15 is 0 Å². The van der Waals surface area contributed by atoms with Gasteiger partial charge in [0.2, 0.25) is 5.13 Å². The molecular formula is C6H9N7OS2. The first-order valence-electron chi connectivity index (χ1n) is 4.24. The van der Waals surface area contributed by atoms with Crippen LogP contribution in [0.15, 0.2) is 9.95 Å². The van der Waals surface area contributed by atoms with Crippen molar-refractivity contribution in [2.75, 3.05) is 5.43 Å². The standard InChI is InChI=1S/C6H9N7OS2/c1-13-5(14)11-12-6(13)15-2-3-9-10-4(8-7)16-3/h2,7H2,1H3,(H,8,10)(H,11,14). The monoisotopic (exact) mass is 259 g/mol. The zero-order chi connectivity index (χ0) is 11.5. The summed E-state index contributed by atoms with van der Waals surface area (Å²) in [4.78, 5) is 11.1. The summed E-state index contributed by atoms with van der Waals surface area (Å²) in [5, 5.41) is 15.9. The molecule has 2 rings (SSSR count). The van der Waals surface area contributed by atoms with Gasteiger partial charge in [-0.25, -0.2) is 15.7 Å². The Hall–Kier alpha value is -1.39. The van der Waals surface area contributed by atoms with Gasteiger partial charge in [-0.2, -0.15) is 0 Å². The second-order valence-electron chi connectivity index (χ2n) is 2.80. The number of anilines is 1. The van der Waals surface area contributed by atoms with Crippen LogP contribution < -0.4 is 17.0 Å². The van der Waals surface area contributed by atoms with Crippen LogP contribution in [-0.2, 0) is 12.8 Å². The molecule has 0 bridgehead atoms. The summed E-state index contributed by atoms with van der Waals surface area (Å²) in [5.41, 5.74) is 2.19. The van der Waals surface area contributed by atoms with Crippen molar-refractivity contribution in [2.45, 2.75) is 10.9 Å². The van der Waals surface area contributed by atoms with Crippen LogP contribution in [0.4, 0.5) is 5.13 Å². The van der Waals surface area contributed by atoms with E-state index in [9.17, 15) is 4.79 Å². The van der Waals surface area contributed by atoms with Crippen molar-refractivity contribution in [1.29, 1.82) is 0 Å². The number of aromatic nitrogens is 5. The van der Waals surface area contributed by atoms with Crippen LogP contribution in [-0.4, -0.2) is 25.0 Å². The molecule has 16 heavy (non-hydrogen) atoms. The summed E-state index contributed by atoms with van der Waals surface area (Å²) in [6.07, 6.45) is 0. The van der Waals surface area contributed by atoms with Crippen molar-refractivity contribution in [3.05, 3.63) is 15.5 Å². The van der Waals surface area contributed by atoms with Gasteiger partial charge in [0.25, 0.3) is 0 Å². The Kier molecular flexibility index (Phi) is 3.22. The van der Waals surface area contributed by atoms with Crippen LogP contribution in [0.2, 0.25) is 0 Å².